The Labute approximate surface area is 114 Å². The average Bonchev–Trinajstić information content (AvgIpc) is 2.40. The van der Waals surface area contributed by atoms with Crippen molar-refractivity contribution in [2.24, 2.45) is 5.41 Å². The SMILES string of the molecule is COc1ccc(C)cc1NC(=O)C1(C)CCNCC1. The molecule has 1 fully saturated rings. The molecule has 1 heterocycles. The Bertz CT molecular complexity index is 465. The first-order valence-electron chi connectivity index (χ1n) is 6.72. The van der Waals surface area contributed by atoms with Gasteiger partial charge in [-0.15, -0.1) is 0 Å². The molecule has 1 aromatic rings. The Kier molecular flexibility index (Phi) is 4.10. The summed E-state index contributed by atoms with van der Waals surface area (Å²) in [6, 6.07) is 5.80. The van der Waals surface area contributed by atoms with Gasteiger partial charge in [0.2, 0.25) is 5.91 Å². The molecule has 0 bridgehead atoms. The highest BCUT2D eigenvalue weighted by atomic mass is 16.5. The van der Waals surface area contributed by atoms with Gasteiger partial charge in [-0.05, 0) is 50.6 Å². The molecule has 4 heteroatoms. The van der Waals surface area contributed by atoms with Crippen LogP contribution in [0.3, 0.4) is 0 Å². The van der Waals surface area contributed by atoms with E-state index in [9.17, 15) is 4.79 Å². The number of rotatable bonds is 3. The van der Waals surface area contributed by atoms with Crippen molar-refractivity contribution in [3.05, 3.63) is 23.8 Å². The molecule has 19 heavy (non-hydrogen) atoms. The molecule has 1 aliphatic heterocycles. The van der Waals surface area contributed by atoms with E-state index in [1.807, 2.05) is 32.0 Å². The zero-order valence-corrected chi connectivity index (χ0v) is 11.9. The third-order valence-corrected chi connectivity index (χ3v) is 3.86. The number of nitrogens with one attached hydrogen (secondary N) is 2. The van der Waals surface area contributed by atoms with Gasteiger partial charge < -0.3 is 15.4 Å². The van der Waals surface area contributed by atoms with Gasteiger partial charge in [-0.25, -0.2) is 0 Å². The molecule has 0 radical (unpaired) electrons. The zero-order valence-electron chi connectivity index (χ0n) is 11.9. The van der Waals surface area contributed by atoms with Gasteiger partial charge in [-0.1, -0.05) is 13.0 Å². The molecule has 0 aliphatic carbocycles. The van der Waals surface area contributed by atoms with Crippen molar-refractivity contribution in [2.75, 3.05) is 25.5 Å². The summed E-state index contributed by atoms with van der Waals surface area (Å²) in [6.45, 7) is 5.83. The first-order valence-corrected chi connectivity index (χ1v) is 6.72. The Balaban J connectivity index is 2.16. The number of hydrogen-bond acceptors (Lipinski definition) is 3. The number of amides is 1. The lowest BCUT2D eigenvalue weighted by Crippen LogP contribution is -2.42. The molecule has 2 rings (SSSR count). The lowest BCUT2D eigenvalue weighted by Gasteiger charge is -2.32. The number of piperidine rings is 1. The van der Waals surface area contributed by atoms with Crippen molar-refractivity contribution in [3.63, 3.8) is 0 Å². The number of ether oxygens (including phenoxy) is 1. The lowest BCUT2D eigenvalue weighted by atomic mass is 9.80. The largest absolute Gasteiger partial charge is 0.495 e. The van der Waals surface area contributed by atoms with E-state index in [1.54, 1.807) is 7.11 Å². The van der Waals surface area contributed by atoms with Gasteiger partial charge in [-0.2, -0.15) is 0 Å². The number of benzene rings is 1. The molecule has 2 N–H and O–H groups in total. The topological polar surface area (TPSA) is 50.4 Å². The van der Waals surface area contributed by atoms with Crippen LogP contribution in [0.1, 0.15) is 25.3 Å². The van der Waals surface area contributed by atoms with E-state index in [-0.39, 0.29) is 11.3 Å². The first kappa shape index (κ1) is 13.9. The molecule has 0 atom stereocenters. The quantitative estimate of drug-likeness (QED) is 0.879. The number of methoxy groups -OCH3 is 1. The van der Waals surface area contributed by atoms with Crippen molar-refractivity contribution in [2.45, 2.75) is 26.7 Å². The highest BCUT2D eigenvalue weighted by Gasteiger charge is 2.34. The van der Waals surface area contributed by atoms with Crippen LogP contribution in [-0.2, 0) is 4.79 Å². The number of hydrogen-bond donors (Lipinski definition) is 2. The van der Waals surface area contributed by atoms with Crippen LogP contribution < -0.4 is 15.4 Å². The van der Waals surface area contributed by atoms with Crippen LogP contribution in [0, 0.1) is 12.3 Å². The van der Waals surface area contributed by atoms with Crippen molar-refractivity contribution < 1.29 is 9.53 Å². The number of aryl methyl sites for hydroxylation is 1. The molecule has 0 saturated carbocycles. The summed E-state index contributed by atoms with van der Waals surface area (Å²) in [5, 5.41) is 6.31. The smallest absolute Gasteiger partial charge is 0.230 e. The van der Waals surface area contributed by atoms with Gasteiger partial charge >= 0.3 is 0 Å². The Morgan fingerprint density at radius 2 is 2.05 bits per heavy atom. The van der Waals surface area contributed by atoms with E-state index in [1.165, 1.54) is 0 Å². The number of anilines is 1. The lowest BCUT2D eigenvalue weighted by molar-refractivity contribution is -0.126. The monoisotopic (exact) mass is 262 g/mol. The van der Waals surface area contributed by atoms with Crippen LogP contribution in [-0.4, -0.2) is 26.1 Å². The van der Waals surface area contributed by atoms with Crippen LogP contribution in [0.4, 0.5) is 5.69 Å². The summed E-state index contributed by atoms with van der Waals surface area (Å²) in [5.41, 5.74) is 1.57. The van der Waals surface area contributed by atoms with E-state index in [4.69, 9.17) is 4.74 Å². The molecule has 0 unspecified atom stereocenters. The second-order valence-corrected chi connectivity index (χ2v) is 5.47. The summed E-state index contributed by atoms with van der Waals surface area (Å²) in [5.74, 6) is 0.786. The minimum atomic E-state index is -0.292. The van der Waals surface area contributed by atoms with E-state index in [0.717, 1.165) is 37.2 Å². The van der Waals surface area contributed by atoms with Gasteiger partial charge in [0.05, 0.1) is 12.8 Å². The predicted octanol–water partition coefficient (Wildman–Crippen LogP) is 2.33. The number of carbonyl (C=O) groups excluding carboxylic acids is 1. The molecule has 1 amide bonds. The minimum Gasteiger partial charge on any atom is -0.495 e. The van der Waals surface area contributed by atoms with Crippen LogP contribution in [0.2, 0.25) is 0 Å². The molecular weight excluding hydrogens is 240 g/mol. The van der Waals surface area contributed by atoms with Gasteiger partial charge in [0.15, 0.2) is 0 Å². The maximum Gasteiger partial charge on any atom is 0.230 e. The van der Waals surface area contributed by atoms with Crippen molar-refractivity contribution in [1.29, 1.82) is 0 Å². The molecule has 1 aromatic carbocycles. The maximum atomic E-state index is 12.5. The fourth-order valence-electron chi connectivity index (χ4n) is 2.40. The van der Waals surface area contributed by atoms with Crippen LogP contribution in [0.15, 0.2) is 18.2 Å². The van der Waals surface area contributed by atoms with E-state index in [0.29, 0.717) is 5.75 Å². The minimum absolute atomic E-state index is 0.0814. The summed E-state index contributed by atoms with van der Waals surface area (Å²) in [4.78, 5) is 12.5. The molecule has 0 spiro atoms. The van der Waals surface area contributed by atoms with Crippen LogP contribution in [0.25, 0.3) is 0 Å². The fraction of sp³-hybridized carbons (Fsp3) is 0.533. The molecule has 1 aliphatic rings. The highest BCUT2D eigenvalue weighted by molar-refractivity contribution is 5.96. The average molecular weight is 262 g/mol. The van der Waals surface area contributed by atoms with Crippen molar-refractivity contribution >= 4 is 11.6 Å². The number of carbonyl (C=O) groups is 1. The fourth-order valence-corrected chi connectivity index (χ4v) is 2.40. The van der Waals surface area contributed by atoms with Gasteiger partial charge in [0, 0.05) is 5.41 Å². The first-order chi connectivity index (χ1) is 9.05. The van der Waals surface area contributed by atoms with Crippen LogP contribution in [0.5, 0.6) is 5.75 Å². The normalized spacial score (nSPS) is 17.8. The standard InChI is InChI=1S/C15H22N2O2/c1-11-4-5-13(19-3)12(10-11)17-14(18)15(2)6-8-16-9-7-15/h4-5,10,16H,6-9H2,1-3H3,(H,17,18). The Morgan fingerprint density at radius 3 is 2.68 bits per heavy atom. The Hall–Kier alpha value is -1.55. The molecule has 4 nitrogen and oxygen atoms in total. The second-order valence-electron chi connectivity index (χ2n) is 5.47. The van der Waals surface area contributed by atoms with Gasteiger partial charge in [0.25, 0.3) is 0 Å². The van der Waals surface area contributed by atoms with Crippen molar-refractivity contribution in [1.82, 2.24) is 5.32 Å². The van der Waals surface area contributed by atoms with Gasteiger partial charge in [-0.3, -0.25) is 4.79 Å². The summed E-state index contributed by atoms with van der Waals surface area (Å²) < 4.78 is 5.29. The molecular formula is C15H22N2O2. The highest BCUT2D eigenvalue weighted by Crippen LogP contribution is 2.32. The molecule has 104 valence electrons. The van der Waals surface area contributed by atoms with E-state index in [2.05, 4.69) is 10.6 Å². The third kappa shape index (κ3) is 3.07. The third-order valence-electron chi connectivity index (χ3n) is 3.86. The maximum absolute atomic E-state index is 12.5. The van der Waals surface area contributed by atoms with E-state index >= 15 is 0 Å². The van der Waals surface area contributed by atoms with E-state index < -0.39 is 0 Å². The van der Waals surface area contributed by atoms with Crippen molar-refractivity contribution in [3.8, 4) is 5.75 Å². The Morgan fingerprint density at radius 1 is 1.37 bits per heavy atom. The zero-order chi connectivity index (χ0) is 13.9. The second kappa shape index (κ2) is 5.61. The van der Waals surface area contributed by atoms with Gasteiger partial charge in [0.1, 0.15) is 5.75 Å². The molecule has 0 aromatic heterocycles. The predicted molar refractivity (Wildman–Crippen MR) is 76.6 cm³/mol. The summed E-state index contributed by atoms with van der Waals surface area (Å²) in [7, 11) is 1.62. The van der Waals surface area contributed by atoms with Crippen LogP contribution >= 0.6 is 0 Å². The molecule has 1 saturated heterocycles. The summed E-state index contributed by atoms with van der Waals surface area (Å²) >= 11 is 0. The summed E-state index contributed by atoms with van der Waals surface area (Å²) in [6.07, 6.45) is 1.74.